The first-order chi connectivity index (χ1) is 11.6. The van der Waals surface area contributed by atoms with Gasteiger partial charge in [0.15, 0.2) is 0 Å². The number of rotatable bonds is 6. The molecule has 2 unspecified atom stereocenters. The van der Waals surface area contributed by atoms with Crippen molar-refractivity contribution in [1.29, 1.82) is 0 Å². The molecule has 134 valence electrons. The minimum absolute atomic E-state index is 0.205. The summed E-state index contributed by atoms with van der Waals surface area (Å²) in [6.45, 7) is 4.81. The SMILES string of the molecule is CCCC(C)(NC(=O)c1cccc(C2(C)NC(=O)NC2=O)c1)C(=O)O. The van der Waals surface area contributed by atoms with E-state index in [2.05, 4.69) is 16.0 Å². The molecular weight excluding hydrogens is 326 g/mol. The minimum atomic E-state index is -1.38. The number of hydrogen-bond acceptors (Lipinski definition) is 4. The summed E-state index contributed by atoms with van der Waals surface area (Å²) in [4.78, 5) is 47.4. The zero-order valence-electron chi connectivity index (χ0n) is 14.3. The molecule has 1 aromatic carbocycles. The Balaban J connectivity index is 2.30. The first kappa shape index (κ1) is 18.4. The van der Waals surface area contributed by atoms with Gasteiger partial charge in [-0.3, -0.25) is 14.9 Å². The highest BCUT2D eigenvalue weighted by atomic mass is 16.4. The fourth-order valence-electron chi connectivity index (χ4n) is 2.76. The van der Waals surface area contributed by atoms with E-state index in [0.29, 0.717) is 12.0 Å². The summed E-state index contributed by atoms with van der Waals surface area (Å²) in [5.41, 5.74) is -2.04. The van der Waals surface area contributed by atoms with Crippen molar-refractivity contribution in [2.24, 2.45) is 0 Å². The van der Waals surface area contributed by atoms with Crippen LogP contribution in [0.15, 0.2) is 24.3 Å². The van der Waals surface area contributed by atoms with Crippen molar-refractivity contribution >= 4 is 23.8 Å². The van der Waals surface area contributed by atoms with E-state index in [1.807, 2.05) is 6.92 Å². The van der Waals surface area contributed by atoms with E-state index in [1.165, 1.54) is 26.0 Å². The highest BCUT2D eigenvalue weighted by molar-refractivity contribution is 6.07. The number of carboxylic acids is 1. The van der Waals surface area contributed by atoms with Crippen LogP contribution < -0.4 is 16.0 Å². The van der Waals surface area contributed by atoms with Crippen LogP contribution in [0.25, 0.3) is 0 Å². The molecule has 0 aliphatic carbocycles. The molecule has 8 nitrogen and oxygen atoms in total. The van der Waals surface area contributed by atoms with Gasteiger partial charge >= 0.3 is 12.0 Å². The Morgan fingerprint density at radius 1 is 1.32 bits per heavy atom. The fourth-order valence-corrected chi connectivity index (χ4v) is 2.76. The topological polar surface area (TPSA) is 125 Å². The maximum absolute atomic E-state index is 12.5. The maximum atomic E-state index is 12.5. The molecule has 2 atom stereocenters. The number of urea groups is 1. The Morgan fingerprint density at radius 2 is 2.00 bits per heavy atom. The number of imide groups is 1. The van der Waals surface area contributed by atoms with E-state index in [1.54, 1.807) is 12.1 Å². The van der Waals surface area contributed by atoms with Crippen LogP contribution in [0.3, 0.4) is 0 Å². The van der Waals surface area contributed by atoms with E-state index in [0.717, 1.165) is 0 Å². The molecule has 1 heterocycles. The minimum Gasteiger partial charge on any atom is -0.480 e. The highest BCUT2D eigenvalue weighted by Crippen LogP contribution is 2.25. The predicted octanol–water partition coefficient (Wildman–Crippen LogP) is 1.11. The van der Waals surface area contributed by atoms with E-state index in [4.69, 9.17) is 0 Å². The summed E-state index contributed by atoms with van der Waals surface area (Å²) in [5.74, 6) is -2.20. The largest absolute Gasteiger partial charge is 0.480 e. The third kappa shape index (κ3) is 3.47. The molecule has 1 aliphatic heterocycles. The third-order valence-electron chi connectivity index (χ3n) is 4.36. The van der Waals surface area contributed by atoms with Crippen molar-refractivity contribution in [2.45, 2.75) is 44.7 Å². The lowest BCUT2D eigenvalue weighted by atomic mass is 9.90. The van der Waals surface area contributed by atoms with Crippen LogP contribution in [0.2, 0.25) is 0 Å². The summed E-state index contributed by atoms with van der Waals surface area (Å²) in [6, 6.07) is 5.57. The second-order valence-electron chi connectivity index (χ2n) is 6.46. The van der Waals surface area contributed by atoms with Crippen LogP contribution in [0, 0.1) is 0 Å². The molecule has 4 amide bonds. The molecule has 1 aliphatic rings. The second kappa shape index (κ2) is 6.54. The van der Waals surface area contributed by atoms with Gasteiger partial charge in [-0.1, -0.05) is 25.5 Å². The Bertz CT molecular complexity index is 748. The Kier molecular flexibility index (Phi) is 4.82. The number of amides is 4. The van der Waals surface area contributed by atoms with E-state index < -0.39 is 34.9 Å². The Morgan fingerprint density at radius 3 is 2.52 bits per heavy atom. The van der Waals surface area contributed by atoms with Crippen LogP contribution in [0.5, 0.6) is 0 Å². The molecule has 2 rings (SSSR count). The van der Waals surface area contributed by atoms with Crippen molar-refractivity contribution in [3.63, 3.8) is 0 Å². The van der Waals surface area contributed by atoms with Gasteiger partial charge < -0.3 is 15.7 Å². The van der Waals surface area contributed by atoms with Crippen LogP contribution in [0.4, 0.5) is 4.79 Å². The highest BCUT2D eigenvalue weighted by Gasteiger charge is 2.43. The van der Waals surface area contributed by atoms with Gasteiger partial charge in [-0.15, -0.1) is 0 Å². The molecule has 0 aromatic heterocycles. The fraction of sp³-hybridized carbons (Fsp3) is 0.412. The maximum Gasteiger partial charge on any atom is 0.329 e. The third-order valence-corrected chi connectivity index (χ3v) is 4.36. The number of benzene rings is 1. The average molecular weight is 347 g/mol. The van der Waals surface area contributed by atoms with Gasteiger partial charge in [-0.25, -0.2) is 9.59 Å². The number of nitrogens with one attached hydrogen (secondary N) is 3. The monoisotopic (exact) mass is 347 g/mol. The summed E-state index contributed by atoms with van der Waals surface area (Å²) >= 11 is 0. The average Bonchev–Trinajstić information content (AvgIpc) is 2.81. The number of carbonyl (C=O) groups is 4. The number of hydrogen-bond donors (Lipinski definition) is 4. The van der Waals surface area contributed by atoms with Crippen molar-refractivity contribution in [1.82, 2.24) is 16.0 Å². The van der Waals surface area contributed by atoms with Gasteiger partial charge in [0.25, 0.3) is 11.8 Å². The van der Waals surface area contributed by atoms with Crippen molar-refractivity contribution in [3.05, 3.63) is 35.4 Å². The summed E-state index contributed by atoms with van der Waals surface area (Å²) in [6.07, 6.45) is 0.872. The number of carboxylic acid groups (broad SMARTS) is 1. The van der Waals surface area contributed by atoms with Gasteiger partial charge in [0.2, 0.25) is 0 Å². The number of carbonyl (C=O) groups excluding carboxylic acids is 3. The van der Waals surface area contributed by atoms with Gasteiger partial charge in [-0.2, -0.15) is 0 Å². The molecule has 4 N–H and O–H groups in total. The lowest BCUT2D eigenvalue weighted by Crippen LogP contribution is -2.52. The van der Waals surface area contributed by atoms with E-state index >= 15 is 0 Å². The van der Waals surface area contributed by atoms with Gasteiger partial charge in [0.05, 0.1) is 0 Å². The van der Waals surface area contributed by atoms with Crippen LogP contribution in [-0.2, 0) is 15.1 Å². The summed E-state index contributed by atoms with van der Waals surface area (Å²) in [5, 5.41) is 16.6. The predicted molar refractivity (Wildman–Crippen MR) is 88.9 cm³/mol. The zero-order valence-corrected chi connectivity index (χ0v) is 14.3. The first-order valence-corrected chi connectivity index (χ1v) is 7.92. The smallest absolute Gasteiger partial charge is 0.329 e. The molecule has 0 spiro atoms. The molecule has 1 saturated heterocycles. The van der Waals surface area contributed by atoms with Crippen LogP contribution in [0.1, 0.15) is 49.5 Å². The van der Waals surface area contributed by atoms with Crippen molar-refractivity contribution in [3.8, 4) is 0 Å². The van der Waals surface area contributed by atoms with Crippen LogP contribution >= 0.6 is 0 Å². The van der Waals surface area contributed by atoms with Gasteiger partial charge in [0.1, 0.15) is 11.1 Å². The molecular formula is C17H21N3O5. The molecule has 25 heavy (non-hydrogen) atoms. The first-order valence-electron chi connectivity index (χ1n) is 7.92. The molecule has 1 fully saturated rings. The van der Waals surface area contributed by atoms with Crippen LogP contribution in [-0.4, -0.2) is 34.5 Å². The van der Waals surface area contributed by atoms with Crippen molar-refractivity contribution in [2.75, 3.05) is 0 Å². The molecule has 0 radical (unpaired) electrons. The molecule has 0 saturated carbocycles. The zero-order chi connectivity index (χ0) is 18.8. The Labute approximate surface area is 145 Å². The standard InChI is InChI=1S/C17H21N3O5/c1-4-8-16(2,14(23)24)19-12(21)10-6-5-7-11(9-10)17(3)13(22)18-15(25)20-17/h5-7,9H,4,8H2,1-3H3,(H,19,21)(H,23,24)(H2,18,20,22,25). The van der Waals surface area contributed by atoms with E-state index in [9.17, 15) is 24.3 Å². The quantitative estimate of drug-likeness (QED) is 0.574. The molecule has 8 heteroatoms. The van der Waals surface area contributed by atoms with E-state index in [-0.39, 0.29) is 12.0 Å². The summed E-state index contributed by atoms with van der Waals surface area (Å²) < 4.78 is 0. The second-order valence-corrected chi connectivity index (χ2v) is 6.46. The molecule has 1 aromatic rings. The van der Waals surface area contributed by atoms with Gasteiger partial charge in [-0.05, 0) is 38.0 Å². The van der Waals surface area contributed by atoms with Crippen molar-refractivity contribution < 1.29 is 24.3 Å². The van der Waals surface area contributed by atoms with Gasteiger partial charge in [0, 0.05) is 5.56 Å². The lowest BCUT2D eigenvalue weighted by Gasteiger charge is -2.26. The number of aliphatic carboxylic acids is 1. The summed E-state index contributed by atoms with van der Waals surface area (Å²) in [7, 11) is 0. The normalized spacial score (nSPS) is 21.9. The Hall–Kier alpha value is -2.90. The lowest BCUT2D eigenvalue weighted by molar-refractivity contribution is -0.144. The molecule has 0 bridgehead atoms.